The van der Waals surface area contributed by atoms with Crippen molar-refractivity contribution in [2.45, 2.75) is 58.6 Å². The smallest absolute Gasteiger partial charge is 0.339 e. The largest absolute Gasteiger partial charge is 0.449 e. The van der Waals surface area contributed by atoms with Gasteiger partial charge in [0.2, 0.25) is 0 Å². The van der Waals surface area contributed by atoms with Gasteiger partial charge in [-0.2, -0.15) is 0 Å². The van der Waals surface area contributed by atoms with E-state index in [2.05, 4.69) is 17.1 Å². The fourth-order valence-corrected chi connectivity index (χ4v) is 4.25. The molecule has 1 aromatic carbocycles. The number of carbonyl (C=O) groups is 2. The number of hydrogen-bond acceptors (Lipinski definition) is 6. The molecule has 0 saturated carbocycles. The molecule has 3 heterocycles. The van der Waals surface area contributed by atoms with Crippen molar-refractivity contribution in [3.63, 3.8) is 0 Å². The summed E-state index contributed by atoms with van der Waals surface area (Å²) in [7, 11) is 0. The van der Waals surface area contributed by atoms with Gasteiger partial charge in [-0.05, 0) is 69.9 Å². The number of fused-ring (bicyclic) bond motifs is 1. The van der Waals surface area contributed by atoms with Crippen LogP contribution in [0.5, 0.6) is 0 Å². The topological polar surface area (TPSA) is 85.5 Å². The molecule has 7 nitrogen and oxygen atoms in total. The molecule has 0 radical (unpaired) electrons. The summed E-state index contributed by atoms with van der Waals surface area (Å²) in [5.74, 6) is -1.21. The van der Waals surface area contributed by atoms with Gasteiger partial charge in [0.05, 0.1) is 22.3 Å². The van der Waals surface area contributed by atoms with Crippen LogP contribution in [0.1, 0.15) is 55.6 Å². The lowest BCUT2D eigenvalue weighted by Crippen LogP contribution is -2.48. The Morgan fingerprint density at radius 3 is 2.75 bits per heavy atom. The zero-order valence-corrected chi connectivity index (χ0v) is 18.4. The lowest BCUT2D eigenvalue weighted by atomic mass is 9.99. The summed E-state index contributed by atoms with van der Waals surface area (Å²) in [5.41, 5.74) is 1.91. The van der Waals surface area contributed by atoms with Crippen molar-refractivity contribution in [3.05, 3.63) is 47.4 Å². The van der Waals surface area contributed by atoms with E-state index in [4.69, 9.17) is 9.26 Å². The Hall–Kier alpha value is -3.29. The van der Waals surface area contributed by atoms with Crippen LogP contribution in [0.3, 0.4) is 0 Å². The van der Waals surface area contributed by atoms with E-state index in [1.807, 2.05) is 4.90 Å². The van der Waals surface area contributed by atoms with Crippen LogP contribution in [-0.4, -0.2) is 45.6 Å². The van der Waals surface area contributed by atoms with E-state index >= 15 is 0 Å². The minimum absolute atomic E-state index is 0.176. The first-order valence-electron chi connectivity index (χ1n) is 10.9. The highest BCUT2D eigenvalue weighted by molar-refractivity contribution is 6.05. The van der Waals surface area contributed by atoms with Gasteiger partial charge in [-0.1, -0.05) is 12.1 Å². The maximum atomic E-state index is 13.3. The third-order valence-electron chi connectivity index (χ3n) is 5.99. The van der Waals surface area contributed by atoms with Crippen LogP contribution < -0.4 is 0 Å². The molecule has 168 valence electrons. The molecule has 0 N–H and O–H groups in total. The molecular weight excluding hydrogens is 413 g/mol. The maximum absolute atomic E-state index is 13.3. The van der Waals surface area contributed by atoms with E-state index in [1.165, 1.54) is 12.1 Å². The number of piperidine rings is 1. The van der Waals surface area contributed by atoms with E-state index in [9.17, 15) is 14.0 Å². The van der Waals surface area contributed by atoms with Gasteiger partial charge in [-0.15, -0.1) is 0 Å². The number of aryl methyl sites for hydroxylation is 1. The van der Waals surface area contributed by atoms with Crippen molar-refractivity contribution in [1.29, 1.82) is 0 Å². The van der Waals surface area contributed by atoms with Crippen LogP contribution >= 0.6 is 0 Å². The number of amides is 1. The number of benzene rings is 1. The molecule has 32 heavy (non-hydrogen) atoms. The minimum Gasteiger partial charge on any atom is -0.449 e. The summed E-state index contributed by atoms with van der Waals surface area (Å²) in [4.78, 5) is 32.4. The second-order valence-electron chi connectivity index (χ2n) is 8.15. The Morgan fingerprint density at radius 2 is 2.03 bits per heavy atom. The van der Waals surface area contributed by atoms with Crippen molar-refractivity contribution in [2.24, 2.45) is 0 Å². The summed E-state index contributed by atoms with van der Waals surface area (Å²) >= 11 is 0. The number of carbonyl (C=O) groups excluding carboxylic acids is 2. The number of nitrogens with zero attached hydrogens (tertiary/aromatic N) is 3. The molecule has 2 aromatic heterocycles. The Labute approximate surface area is 185 Å². The average Bonchev–Trinajstić information content (AvgIpc) is 3.19. The first kappa shape index (κ1) is 21.9. The van der Waals surface area contributed by atoms with E-state index in [-0.39, 0.29) is 29.0 Å². The molecule has 1 aliphatic rings. The van der Waals surface area contributed by atoms with Gasteiger partial charge in [0.15, 0.2) is 6.10 Å². The average molecular weight is 439 g/mol. The number of ether oxygens (including phenoxy) is 1. The number of likely N-dealkylation sites (tertiary alicyclic amines) is 1. The molecule has 4 rings (SSSR count). The Balaban J connectivity index is 1.63. The van der Waals surface area contributed by atoms with Crippen molar-refractivity contribution >= 4 is 23.0 Å². The second kappa shape index (κ2) is 9.06. The lowest BCUT2D eigenvalue weighted by Gasteiger charge is -2.36. The van der Waals surface area contributed by atoms with E-state index in [1.54, 1.807) is 32.0 Å². The summed E-state index contributed by atoms with van der Waals surface area (Å²) < 4.78 is 24.2. The van der Waals surface area contributed by atoms with Crippen LogP contribution in [0, 0.1) is 12.7 Å². The molecule has 1 amide bonds. The van der Waals surface area contributed by atoms with Gasteiger partial charge in [0.1, 0.15) is 5.82 Å². The normalized spacial score (nSPS) is 17.4. The standard InChI is InChI=1S/C24H26FN3O4/c1-4-18-7-5-6-12-28(18)23(29)15(3)31-24(30)19-13-20(16-8-10-17(25)11-9-16)26-22-21(19)14(2)27-32-22/h8-11,13,15,18H,4-7,12H2,1-3H3. The molecule has 2 atom stereocenters. The van der Waals surface area contributed by atoms with Crippen LogP contribution in [0.4, 0.5) is 4.39 Å². The highest BCUT2D eigenvalue weighted by Gasteiger charge is 2.31. The lowest BCUT2D eigenvalue weighted by molar-refractivity contribution is -0.143. The Kier molecular flexibility index (Phi) is 6.21. The molecule has 3 aromatic rings. The fraction of sp³-hybridized carbons (Fsp3) is 0.417. The quantitative estimate of drug-likeness (QED) is 0.537. The predicted octanol–water partition coefficient (Wildman–Crippen LogP) is 4.67. The second-order valence-corrected chi connectivity index (χ2v) is 8.15. The van der Waals surface area contributed by atoms with Crippen molar-refractivity contribution in [3.8, 4) is 11.3 Å². The van der Waals surface area contributed by atoms with Gasteiger partial charge < -0.3 is 14.2 Å². The van der Waals surface area contributed by atoms with E-state index < -0.39 is 12.1 Å². The minimum atomic E-state index is -0.924. The molecule has 2 unspecified atom stereocenters. The zero-order valence-electron chi connectivity index (χ0n) is 18.4. The van der Waals surface area contributed by atoms with Crippen molar-refractivity contribution < 1.29 is 23.2 Å². The van der Waals surface area contributed by atoms with Crippen LogP contribution in [0.2, 0.25) is 0 Å². The Morgan fingerprint density at radius 1 is 1.28 bits per heavy atom. The number of hydrogen-bond donors (Lipinski definition) is 0. The summed E-state index contributed by atoms with van der Waals surface area (Å²) in [6, 6.07) is 7.50. The van der Waals surface area contributed by atoms with Crippen molar-refractivity contribution in [2.75, 3.05) is 6.54 Å². The van der Waals surface area contributed by atoms with Gasteiger partial charge in [0.25, 0.3) is 11.6 Å². The highest BCUT2D eigenvalue weighted by Crippen LogP contribution is 2.28. The molecule has 1 fully saturated rings. The SMILES string of the molecule is CCC1CCCCN1C(=O)C(C)OC(=O)c1cc(-c2ccc(F)cc2)nc2onc(C)c12. The number of rotatable bonds is 5. The van der Waals surface area contributed by atoms with E-state index in [0.29, 0.717) is 28.9 Å². The summed E-state index contributed by atoms with van der Waals surface area (Å²) in [5, 5.41) is 4.35. The third-order valence-corrected chi connectivity index (χ3v) is 5.99. The van der Waals surface area contributed by atoms with Crippen molar-refractivity contribution in [1.82, 2.24) is 15.0 Å². The monoisotopic (exact) mass is 439 g/mol. The number of esters is 1. The predicted molar refractivity (Wildman–Crippen MR) is 116 cm³/mol. The van der Waals surface area contributed by atoms with Crippen LogP contribution in [0.15, 0.2) is 34.9 Å². The molecule has 1 saturated heterocycles. The van der Waals surface area contributed by atoms with Crippen LogP contribution in [0.25, 0.3) is 22.4 Å². The van der Waals surface area contributed by atoms with Crippen LogP contribution in [-0.2, 0) is 9.53 Å². The van der Waals surface area contributed by atoms with E-state index in [0.717, 1.165) is 25.7 Å². The number of pyridine rings is 1. The molecule has 8 heteroatoms. The highest BCUT2D eigenvalue weighted by atomic mass is 19.1. The Bertz CT molecular complexity index is 1140. The molecule has 0 bridgehead atoms. The first-order chi connectivity index (χ1) is 15.4. The maximum Gasteiger partial charge on any atom is 0.339 e. The van der Waals surface area contributed by atoms with Gasteiger partial charge in [-0.3, -0.25) is 4.79 Å². The zero-order chi connectivity index (χ0) is 22.8. The first-order valence-corrected chi connectivity index (χ1v) is 10.9. The summed E-state index contributed by atoms with van der Waals surface area (Å²) in [6.45, 7) is 6.04. The van der Waals surface area contributed by atoms with Gasteiger partial charge in [-0.25, -0.2) is 14.2 Å². The molecule has 0 aliphatic carbocycles. The molecule has 0 spiro atoms. The fourth-order valence-electron chi connectivity index (χ4n) is 4.25. The number of halogens is 1. The molecule has 1 aliphatic heterocycles. The summed E-state index contributed by atoms with van der Waals surface area (Å²) in [6.07, 6.45) is 2.97. The van der Waals surface area contributed by atoms with Gasteiger partial charge in [0, 0.05) is 18.2 Å². The third kappa shape index (κ3) is 4.22. The number of aromatic nitrogens is 2. The van der Waals surface area contributed by atoms with Gasteiger partial charge >= 0.3 is 5.97 Å². The molecular formula is C24H26FN3O4.